The lowest BCUT2D eigenvalue weighted by atomic mass is 10.3. The molecule has 0 atom stereocenters. The monoisotopic (exact) mass is 282 g/mol. The minimum atomic E-state index is 0.170. The second-order valence-electron chi connectivity index (χ2n) is 4.37. The van der Waals surface area contributed by atoms with E-state index in [-0.39, 0.29) is 17.9 Å². The highest BCUT2D eigenvalue weighted by molar-refractivity contribution is 5.80. The van der Waals surface area contributed by atoms with Crippen LogP contribution >= 0.6 is 0 Å². The van der Waals surface area contributed by atoms with Crippen LogP contribution in [0.3, 0.4) is 0 Å². The van der Waals surface area contributed by atoms with Gasteiger partial charge in [0.2, 0.25) is 5.95 Å². The number of nitrogens with zero attached hydrogens (tertiary/aromatic N) is 5. The van der Waals surface area contributed by atoms with E-state index in [0.29, 0.717) is 25.0 Å². The van der Waals surface area contributed by atoms with Gasteiger partial charge in [0, 0.05) is 19.0 Å². The van der Waals surface area contributed by atoms with E-state index >= 15 is 0 Å². The molecule has 1 aromatic heterocycles. The van der Waals surface area contributed by atoms with Crippen LogP contribution < -0.4 is 20.1 Å². The number of amidine groups is 1. The minimum absolute atomic E-state index is 0.170. The molecular weight excluding hydrogens is 264 g/mol. The second-order valence-corrected chi connectivity index (χ2v) is 4.37. The highest BCUT2D eigenvalue weighted by Gasteiger charge is 2.31. The van der Waals surface area contributed by atoms with Gasteiger partial charge in [-0.2, -0.15) is 9.97 Å². The standard InChI is InChI=1S/C11H18N6O3/c1-19-10-13-9(14-11(15-10)20-2)17(7-3-4-7)6-5-8(12)16-18/h7,18H,3-6H2,1-2H3,(H2,12,16). The maximum Gasteiger partial charge on any atom is 0.324 e. The summed E-state index contributed by atoms with van der Waals surface area (Å²) in [6.45, 7) is 0.552. The lowest BCUT2D eigenvalue weighted by Crippen LogP contribution is -2.32. The third-order valence-corrected chi connectivity index (χ3v) is 2.93. The Morgan fingerprint density at radius 2 is 1.90 bits per heavy atom. The molecule has 1 fully saturated rings. The molecule has 0 aliphatic heterocycles. The van der Waals surface area contributed by atoms with Crippen molar-refractivity contribution in [2.75, 3.05) is 25.7 Å². The fraction of sp³-hybridized carbons (Fsp3) is 0.636. The molecule has 9 nitrogen and oxygen atoms in total. The molecule has 9 heteroatoms. The first-order chi connectivity index (χ1) is 9.67. The van der Waals surface area contributed by atoms with Gasteiger partial charge in [-0.05, 0) is 12.8 Å². The van der Waals surface area contributed by atoms with Gasteiger partial charge in [0.05, 0.1) is 14.2 Å². The van der Waals surface area contributed by atoms with E-state index in [2.05, 4.69) is 20.1 Å². The molecular formula is C11H18N6O3. The molecule has 1 saturated carbocycles. The maximum absolute atomic E-state index is 8.60. The van der Waals surface area contributed by atoms with Crippen molar-refractivity contribution < 1.29 is 14.7 Å². The molecule has 1 heterocycles. The lowest BCUT2D eigenvalue weighted by molar-refractivity contribution is 0.317. The molecule has 0 unspecified atom stereocenters. The number of methoxy groups -OCH3 is 2. The molecule has 1 aliphatic carbocycles. The van der Waals surface area contributed by atoms with Gasteiger partial charge < -0.3 is 25.3 Å². The number of hydrogen-bond donors (Lipinski definition) is 2. The molecule has 3 N–H and O–H groups in total. The SMILES string of the molecule is COc1nc(OC)nc(N(CCC(N)=NO)C2CC2)n1. The molecule has 0 saturated heterocycles. The molecule has 2 rings (SSSR count). The summed E-state index contributed by atoms with van der Waals surface area (Å²) >= 11 is 0. The van der Waals surface area contributed by atoms with Crippen molar-refractivity contribution in [3.63, 3.8) is 0 Å². The summed E-state index contributed by atoms with van der Waals surface area (Å²) in [5, 5.41) is 11.6. The maximum atomic E-state index is 8.60. The third kappa shape index (κ3) is 3.37. The Labute approximate surface area is 116 Å². The van der Waals surface area contributed by atoms with Gasteiger partial charge in [0.25, 0.3) is 0 Å². The second kappa shape index (κ2) is 6.22. The number of aromatic nitrogens is 3. The largest absolute Gasteiger partial charge is 0.467 e. The van der Waals surface area contributed by atoms with E-state index < -0.39 is 0 Å². The highest BCUT2D eigenvalue weighted by Crippen LogP contribution is 2.31. The first kappa shape index (κ1) is 14.1. The van der Waals surface area contributed by atoms with Crippen molar-refractivity contribution >= 4 is 11.8 Å². The van der Waals surface area contributed by atoms with Crippen LogP contribution in [0.2, 0.25) is 0 Å². The molecule has 0 amide bonds. The van der Waals surface area contributed by atoms with Gasteiger partial charge in [-0.15, -0.1) is 4.98 Å². The Kier molecular flexibility index (Phi) is 4.38. The van der Waals surface area contributed by atoms with Gasteiger partial charge >= 0.3 is 12.0 Å². The molecule has 0 radical (unpaired) electrons. The zero-order valence-corrected chi connectivity index (χ0v) is 11.5. The fourth-order valence-electron chi connectivity index (χ4n) is 1.76. The lowest BCUT2D eigenvalue weighted by Gasteiger charge is -2.22. The first-order valence-electron chi connectivity index (χ1n) is 6.25. The molecule has 0 aromatic carbocycles. The summed E-state index contributed by atoms with van der Waals surface area (Å²) in [4.78, 5) is 14.4. The number of anilines is 1. The Hall–Kier alpha value is -2.32. The average Bonchev–Trinajstić information content (AvgIpc) is 3.31. The molecule has 1 aromatic rings. The van der Waals surface area contributed by atoms with Crippen molar-refractivity contribution in [1.29, 1.82) is 0 Å². The average molecular weight is 282 g/mol. The van der Waals surface area contributed by atoms with Gasteiger partial charge in [-0.25, -0.2) is 0 Å². The summed E-state index contributed by atoms with van der Waals surface area (Å²) in [5.41, 5.74) is 5.50. The molecule has 0 spiro atoms. The van der Waals surface area contributed by atoms with Crippen LogP contribution in [0.1, 0.15) is 19.3 Å². The molecule has 0 bridgehead atoms. The van der Waals surface area contributed by atoms with E-state index in [1.165, 1.54) is 14.2 Å². The van der Waals surface area contributed by atoms with Gasteiger partial charge in [-0.1, -0.05) is 5.16 Å². The van der Waals surface area contributed by atoms with E-state index in [0.717, 1.165) is 12.8 Å². The number of ether oxygens (including phenoxy) is 2. The Morgan fingerprint density at radius 3 is 2.35 bits per heavy atom. The predicted molar refractivity (Wildman–Crippen MR) is 71.3 cm³/mol. The highest BCUT2D eigenvalue weighted by atomic mass is 16.5. The van der Waals surface area contributed by atoms with Crippen LogP contribution in [0, 0.1) is 0 Å². The Morgan fingerprint density at radius 1 is 1.30 bits per heavy atom. The fourth-order valence-corrected chi connectivity index (χ4v) is 1.76. The van der Waals surface area contributed by atoms with Crippen molar-refractivity contribution in [3.05, 3.63) is 0 Å². The van der Waals surface area contributed by atoms with Crippen LogP contribution in [0.5, 0.6) is 12.0 Å². The van der Waals surface area contributed by atoms with Crippen molar-refractivity contribution in [3.8, 4) is 12.0 Å². The van der Waals surface area contributed by atoms with Crippen molar-refractivity contribution in [2.45, 2.75) is 25.3 Å². The normalized spacial score (nSPS) is 15.0. The number of oxime groups is 1. The summed E-state index contributed by atoms with van der Waals surface area (Å²) in [6.07, 6.45) is 2.54. The van der Waals surface area contributed by atoms with Crippen LogP contribution in [0.4, 0.5) is 5.95 Å². The molecule has 1 aliphatic rings. The summed E-state index contributed by atoms with van der Waals surface area (Å²) < 4.78 is 10.1. The first-order valence-corrected chi connectivity index (χ1v) is 6.25. The van der Waals surface area contributed by atoms with Crippen molar-refractivity contribution in [2.24, 2.45) is 10.9 Å². The van der Waals surface area contributed by atoms with Crippen LogP contribution in [0.25, 0.3) is 0 Å². The summed E-state index contributed by atoms with van der Waals surface area (Å²) in [6, 6.07) is 0.751. The molecule has 110 valence electrons. The molecule has 20 heavy (non-hydrogen) atoms. The topological polar surface area (TPSA) is 119 Å². The van der Waals surface area contributed by atoms with E-state index in [4.69, 9.17) is 20.4 Å². The summed E-state index contributed by atoms with van der Waals surface area (Å²) in [5.74, 6) is 0.644. The van der Waals surface area contributed by atoms with E-state index in [1.54, 1.807) is 0 Å². The van der Waals surface area contributed by atoms with E-state index in [1.807, 2.05) is 4.90 Å². The smallest absolute Gasteiger partial charge is 0.324 e. The van der Waals surface area contributed by atoms with Crippen molar-refractivity contribution in [1.82, 2.24) is 15.0 Å². The summed E-state index contributed by atoms with van der Waals surface area (Å²) in [7, 11) is 2.97. The predicted octanol–water partition coefficient (Wildman–Crippen LogP) is -0.00590. The van der Waals surface area contributed by atoms with Gasteiger partial charge in [0.1, 0.15) is 5.84 Å². The van der Waals surface area contributed by atoms with Crippen LogP contribution in [0.15, 0.2) is 5.16 Å². The number of nitrogens with two attached hydrogens (primary N) is 1. The zero-order valence-electron chi connectivity index (χ0n) is 11.5. The van der Waals surface area contributed by atoms with E-state index in [9.17, 15) is 0 Å². The Bertz CT molecular complexity index is 469. The third-order valence-electron chi connectivity index (χ3n) is 2.93. The number of rotatable bonds is 7. The Balaban J connectivity index is 2.19. The van der Waals surface area contributed by atoms with Crippen LogP contribution in [-0.4, -0.2) is 52.8 Å². The van der Waals surface area contributed by atoms with Gasteiger partial charge in [-0.3, -0.25) is 0 Å². The minimum Gasteiger partial charge on any atom is -0.467 e. The zero-order chi connectivity index (χ0) is 14.5. The van der Waals surface area contributed by atoms with Gasteiger partial charge in [0.15, 0.2) is 0 Å². The number of hydrogen-bond acceptors (Lipinski definition) is 8. The quantitative estimate of drug-likeness (QED) is 0.310. The van der Waals surface area contributed by atoms with Crippen LogP contribution in [-0.2, 0) is 0 Å².